The molecule has 0 fully saturated rings. The number of rotatable bonds is 1. The van der Waals surface area contributed by atoms with Crippen LogP contribution >= 0.6 is 0 Å². The van der Waals surface area contributed by atoms with Gasteiger partial charge in [0.05, 0.1) is 77.0 Å². The molecule has 0 spiro atoms. The van der Waals surface area contributed by atoms with Crippen LogP contribution in [0.2, 0.25) is 0 Å². The van der Waals surface area contributed by atoms with Crippen LogP contribution in [0, 0.1) is 0 Å². The molecule has 0 aliphatic rings. The third-order valence-corrected chi connectivity index (χ3v) is 24.2. The second-order valence-corrected chi connectivity index (χ2v) is 38.6. The maximum atomic E-state index is 7.36. The Kier molecular flexibility index (Phi) is 12.3. The molecule has 0 N–H and O–H groups in total. The standard InChI is InChI=1S/C51H48N2O.C46H48N2/c1-26(2)27-12-16-39-33(20-27)35-22-29(50(6,7)8)24-37-43-41(52(39)45(35)37)18-14-31-32-15-19-42-44(48(32)54-47(31)43)38-25-30(51(9,10)11)23-36-34-21-28(49(3,4)5)13-17-40(34)53(42)46(36)38;1-43(2,3)25-13-15-37-29(17-25)33-19-27(45(7,8)9)21-35-31-24-40-32(23-39(31)47(37)41(33)35)36-22-28(46(10,11)12)20-34-30-18-26(44(4,5)6)14-16-38(30)48(40)42(34)36/h12-26H,1-11H3;13-24H,1-12H3. The van der Waals surface area contributed by atoms with Crippen LogP contribution in [0.1, 0.15) is 210 Å². The highest BCUT2D eigenvalue weighted by atomic mass is 16.3. The number of hydrogen-bond donors (Lipinski definition) is 0. The van der Waals surface area contributed by atoms with Crippen LogP contribution < -0.4 is 0 Å². The van der Waals surface area contributed by atoms with Gasteiger partial charge in [0.2, 0.25) is 0 Å². The first kappa shape index (κ1) is 63.4. The van der Waals surface area contributed by atoms with Crippen LogP contribution in [0.15, 0.2) is 162 Å². The summed E-state index contributed by atoms with van der Waals surface area (Å²) in [6, 6.07) is 62.6. The smallest absolute Gasteiger partial charge is 0.145 e. The highest BCUT2D eigenvalue weighted by Crippen LogP contribution is 2.53. The predicted molar refractivity (Wildman–Crippen MR) is 444 cm³/mol. The zero-order valence-electron chi connectivity index (χ0n) is 64.3. The molecule has 0 saturated heterocycles. The Balaban J connectivity index is 0.000000142. The summed E-state index contributed by atoms with van der Waals surface area (Å²) in [4.78, 5) is 0. The van der Waals surface area contributed by atoms with E-state index in [2.05, 4.69) is 335 Å². The molecule has 9 heterocycles. The van der Waals surface area contributed by atoms with Gasteiger partial charge >= 0.3 is 0 Å². The minimum Gasteiger partial charge on any atom is -0.455 e. The fourth-order valence-electron chi connectivity index (χ4n) is 18.0. The van der Waals surface area contributed by atoms with Crippen molar-refractivity contribution >= 4 is 174 Å². The molecule has 0 saturated carbocycles. The van der Waals surface area contributed by atoms with Gasteiger partial charge in [0, 0.05) is 86.2 Å². The largest absolute Gasteiger partial charge is 0.455 e. The average molecular weight is 1330 g/mol. The van der Waals surface area contributed by atoms with Gasteiger partial charge in [0.15, 0.2) is 0 Å². The van der Waals surface area contributed by atoms with E-state index in [4.69, 9.17) is 4.42 Å². The van der Waals surface area contributed by atoms with Gasteiger partial charge in [-0.05, 0) is 222 Å². The number of benzene rings is 11. The maximum absolute atomic E-state index is 7.36. The van der Waals surface area contributed by atoms with Gasteiger partial charge in [-0.1, -0.05) is 184 Å². The molecular formula is C97H96N4O. The lowest BCUT2D eigenvalue weighted by Gasteiger charge is -2.20. The van der Waals surface area contributed by atoms with Crippen LogP contribution in [-0.2, 0) is 37.9 Å². The minimum absolute atomic E-state index is 0.00649. The fourth-order valence-corrected chi connectivity index (χ4v) is 18.0. The molecule has 20 rings (SSSR count). The lowest BCUT2D eigenvalue weighted by molar-refractivity contribution is 0.590. The molecule has 0 atom stereocenters. The van der Waals surface area contributed by atoms with Crippen LogP contribution in [0.4, 0.5) is 0 Å². The summed E-state index contributed by atoms with van der Waals surface area (Å²) in [5.41, 5.74) is 28.7. The highest BCUT2D eigenvalue weighted by molar-refractivity contribution is 6.35. The maximum Gasteiger partial charge on any atom is 0.145 e. The number of hydrogen-bond acceptors (Lipinski definition) is 1. The SMILES string of the molecule is CC(C)(C)c1ccc2c(c1)c1cc(C(C)(C)C)cc3c4cc5c(cc4n2c13)c1cc(C(C)(C)C)cc2c3cc(C(C)(C)C)ccc3n5c21.CC(C)c1ccc2c(c1)c1cc(C(C)(C)C)cc3c4c5oc6c(ccc7c6c6cc(C(C)(C)C)cc8c9cc(C(C)(C)C)ccc9n7c86)c5ccc4n2c13. The van der Waals surface area contributed by atoms with Crippen molar-refractivity contribution < 1.29 is 4.42 Å². The Morgan fingerprint density at radius 2 is 0.451 bits per heavy atom. The summed E-state index contributed by atoms with van der Waals surface area (Å²) >= 11 is 0. The summed E-state index contributed by atoms with van der Waals surface area (Å²) in [5, 5.41) is 23.5. The van der Waals surface area contributed by atoms with Gasteiger partial charge in [-0.3, -0.25) is 0 Å². The molecule has 5 nitrogen and oxygen atoms in total. The molecule has 9 aromatic heterocycles. The van der Waals surface area contributed by atoms with E-state index in [1.807, 2.05) is 0 Å². The number of aromatic nitrogens is 4. The first-order chi connectivity index (χ1) is 47.8. The molecular weight excluding hydrogens is 1240 g/mol. The molecule has 0 unspecified atom stereocenters. The van der Waals surface area contributed by atoms with Crippen LogP contribution in [-0.4, -0.2) is 17.6 Å². The Morgan fingerprint density at radius 1 is 0.216 bits per heavy atom. The molecule has 5 heteroatoms. The zero-order chi connectivity index (χ0) is 71.6. The quantitative estimate of drug-likeness (QED) is 0.161. The third kappa shape index (κ3) is 8.57. The Bertz CT molecular complexity index is 6830. The van der Waals surface area contributed by atoms with Crippen molar-refractivity contribution in [3.05, 3.63) is 202 Å². The van der Waals surface area contributed by atoms with Gasteiger partial charge in [-0.2, -0.15) is 0 Å². The van der Waals surface area contributed by atoms with Crippen molar-refractivity contribution in [2.45, 2.75) is 203 Å². The molecule has 0 aliphatic carbocycles. The Labute approximate surface area is 598 Å². The predicted octanol–water partition coefficient (Wildman–Crippen LogP) is 28.1. The van der Waals surface area contributed by atoms with E-state index in [0.29, 0.717) is 5.92 Å². The second kappa shape index (κ2) is 19.8. The first-order valence-corrected chi connectivity index (χ1v) is 37.6. The van der Waals surface area contributed by atoms with Crippen LogP contribution in [0.3, 0.4) is 0 Å². The molecule has 102 heavy (non-hydrogen) atoms. The number of furan rings is 1. The number of fused-ring (bicyclic) bond motifs is 29. The molecule has 0 radical (unpaired) electrons. The van der Waals surface area contributed by atoms with Crippen molar-refractivity contribution in [2.24, 2.45) is 0 Å². The lowest BCUT2D eigenvalue weighted by atomic mass is 9.84. The molecule has 20 aromatic rings. The van der Waals surface area contributed by atoms with E-state index in [9.17, 15) is 0 Å². The topological polar surface area (TPSA) is 30.8 Å². The van der Waals surface area contributed by atoms with E-state index in [1.165, 1.54) is 208 Å². The molecule has 0 bridgehead atoms. The lowest BCUT2D eigenvalue weighted by Crippen LogP contribution is -2.11. The molecule has 510 valence electrons. The van der Waals surface area contributed by atoms with Crippen LogP contribution in [0.5, 0.6) is 0 Å². The summed E-state index contributed by atoms with van der Waals surface area (Å²) < 4.78 is 17.5. The van der Waals surface area contributed by atoms with Gasteiger partial charge in [0.25, 0.3) is 0 Å². The second-order valence-electron chi connectivity index (χ2n) is 38.6. The van der Waals surface area contributed by atoms with E-state index in [1.54, 1.807) is 0 Å². The fraction of sp³-hybridized carbons (Fsp3) is 0.320. The van der Waals surface area contributed by atoms with Gasteiger partial charge in [-0.25, -0.2) is 0 Å². The first-order valence-electron chi connectivity index (χ1n) is 37.6. The van der Waals surface area contributed by atoms with E-state index < -0.39 is 0 Å². The van der Waals surface area contributed by atoms with E-state index in [-0.39, 0.29) is 37.9 Å². The van der Waals surface area contributed by atoms with Crippen molar-refractivity contribution in [3.8, 4) is 0 Å². The Morgan fingerprint density at radius 3 is 0.745 bits per heavy atom. The van der Waals surface area contributed by atoms with Crippen molar-refractivity contribution in [2.75, 3.05) is 0 Å². The number of nitrogens with zero attached hydrogens (tertiary/aromatic N) is 4. The monoisotopic (exact) mass is 1330 g/mol. The van der Waals surface area contributed by atoms with Gasteiger partial charge in [-0.15, -0.1) is 0 Å². The van der Waals surface area contributed by atoms with E-state index >= 15 is 0 Å². The van der Waals surface area contributed by atoms with Crippen molar-refractivity contribution in [1.82, 2.24) is 17.6 Å². The summed E-state index contributed by atoms with van der Waals surface area (Å²) in [7, 11) is 0. The molecule has 11 aromatic carbocycles. The van der Waals surface area contributed by atoms with Crippen molar-refractivity contribution in [1.29, 1.82) is 0 Å². The summed E-state index contributed by atoms with van der Waals surface area (Å²) in [5.74, 6) is 0.469. The third-order valence-electron chi connectivity index (χ3n) is 24.2. The highest BCUT2D eigenvalue weighted by Gasteiger charge is 2.32. The average Bonchev–Trinajstić information content (AvgIpc) is 1.52. The van der Waals surface area contributed by atoms with Crippen LogP contribution in [0.25, 0.3) is 174 Å². The zero-order valence-corrected chi connectivity index (χ0v) is 64.3. The van der Waals surface area contributed by atoms with Crippen molar-refractivity contribution in [3.63, 3.8) is 0 Å². The summed E-state index contributed by atoms with van der Waals surface area (Å²) in [6.07, 6.45) is 0. The molecule has 0 amide bonds. The van der Waals surface area contributed by atoms with Gasteiger partial charge < -0.3 is 22.0 Å². The summed E-state index contributed by atoms with van der Waals surface area (Å²) in [6.45, 7) is 53.5. The minimum atomic E-state index is -0.0122. The Hall–Kier alpha value is -9.58. The van der Waals surface area contributed by atoms with E-state index in [0.717, 1.165) is 11.2 Å². The normalized spacial score (nSPS) is 14.1. The van der Waals surface area contributed by atoms with Gasteiger partial charge in [0.1, 0.15) is 11.2 Å². The molecule has 0 aliphatic heterocycles.